The molecule has 0 spiro atoms. The van der Waals surface area contributed by atoms with Gasteiger partial charge in [0.15, 0.2) is 12.4 Å². The number of aryl methyl sites for hydroxylation is 1. The first-order chi connectivity index (χ1) is 8.99. The first-order valence-electron chi connectivity index (χ1n) is 6.01. The van der Waals surface area contributed by atoms with E-state index in [1.165, 1.54) is 6.20 Å². The molecule has 106 valence electrons. The Balaban J connectivity index is 2.43. The number of H-pyrrole nitrogens is 1. The molecule has 0 amide bonds. The van der Waals surface area contributed by atoms with Crippen molar-refractivity contribution < 1.29 is 14.2 Å². The molecule has 0 bridgehead atoms. The second kappa shape index (κ2) is 5.24. The van der Waals surface area contributed by atoms with Gasteiger partial charge in [-0.15, -0.1) is 0 Å². The Morgan fingerprint density at radius 1 is 1.58 bits per heavy atom. The molecule has 2 rings (SSSR count). The van der Waals surface area contributed by atoms with Gasteiger partial charge in [-0.2, -0.15) is 0 Å². The number of hydrogen-bond donors (Lipinski definition) is 3. The lowest BCUT2D eigenvalue weighted by molar-refractivity contribution is -0.0226. The number of rotatable bonds is 3. The van der Waals surface area contributed by atoms with Gasteiger partial charge in [0.25, 0.3) is 5.56 Å². The smallest absolute Gasteiger partial charge is 0.330 e. The number of aliphatic hydroxyl groups excluding tert-OH is 1. The quantitative estimate of drug-likeness (QED) is 0.631. The predicted octanol–water partition coefficient (Wildman–Crippen LogP) is -1.35. The monoisotopic (exact) mass is 273 g/mol. The van der Waals surface area contributed by atoms with Crippen molar-refractivity contribution >= 4 is 0 Å². The molecule has 1 aliphatic rings. The van der Waals surface area contributed by atoms with Crippen LogP contribution in [0.2, 0.25) is 0 Å². The number of hydrogen-bond acceptors (Lipinski definition) is 5. The van der Waals surface area contributed by atoms with E-state index in [1.807, 2.05) is 0 Å². The fraction of sp³-hybridized carbons (Fsp3) is 0.636. The van der Waals surface area contributed by atoms with Crippen LogP contribution in [0, 0.1) is 0 Å². The molecule has 1 aliphatic heterocycles. The molecule has 0 radical (unpaired) electrons. The van der Waals surface area contributed by atoms with Crippen LogP contribution in [0.3, 0.4) is 0 Å². The molecule has 0 aromatic carbocycles. The number of nitrogens with two attached hydrogens (primary N) is 1. The van der Waals surface area contributed by atoms with Gasteiger partial charge in [-0.3, -0.25) is 14.3 Å². The zero-order valence-corrected chi connectivity index (χ0v) is 10.4. The maximum atomic E-state index is 13.9. The molecule has 1 aromatic heterocycles. The molecule has 8 heteroatoms. The highest BCUT2D eigenvalue weighted by molar-refractivity contribution is 5.05. The van der Waals surface area contributed by atoms with Crippen molar-refractivity contribution in [2.75, 3.05) is 6.54 Å². The number of alkyl halides is 1. The van der Waals surface area contributed by atoms with Gasteiger partial charge in [0.2, 0.25) is 0 Å². The summed E-state index contributed by atoms with van der Waals surface area (Å²) in [6.07, 6.45) is -3.67. The molecule has 19 heavy (non-hydrogen) atoms. The van der Waals surface area contributed by atoms with E-state index in [-0.39, 0.29) is 6.54 Å². The number of aliphatic hydroxyl groups is 1. The first-order valence-corrected chi connectivity index (χ1v) is 6.01. The van der Waals surface area contributed by atoms with Gasteiger partial charge < -0.3 is 15.6 Å². The van der Waals surface area contributed by atoms with Crippen LogP contribution in [0.15, 0.2) is 15.8 Å². The van der Waals surface area contributed by atoms with Crippen LogP contribution in [0.4, 0.5) is 4.39 Å². The van der Waals surface area contributed by atoms with E-state index >= 15 is 0 Å². The third kappa shape index (κ3) is 2.34. The highest BCUT2D eigenvalue weighted by atomic mass is 19.1. The molecule has 1 fully saturated rings. The topological polar surface area (TPSA) is 110 Å². The van der Waals surface area contributed by atoms with E-state index in [0.717, 1.165) is 4.57 Å². The number of aromatic nitrogens is 2. The number of halogens is 1. The summed E-state index contributed by atoms with van der Waals surface area (Å²) in [6, 6.07) is 0. The van der Waals surface area contributed by atoms with Gasteiger partial charge in [-0.25, -0.2) is 9.18 Å². The minimum atomic E-state index is -1.78. The summed E-state index contributed by atoms with van der Waals surface area (Å²) < 4.78 is 20.1. The van der Waals surface area contributed by atoms with Crippen LogP contribution in [0.25, 0.3) is 0 Å². The lowest BCUT2D eigenvalue weighted by Gasteiger charge is -2.16. The van der Waals surface area contributed by atoms with Gasteiger partial charge in [-0.05, 0) is 6.42 Å². The van der Waals surface area contributed by atoms with Crippen LogP contribution in [-0.4, -0.2) is 39.6 Å². The largest absolute Gasteiger partial charge is 0.387 e. The lowest BCUT2D eigenvalue weighted by Crippen LogP contribution is -2.37. The molecule has 4 N–H and O–H groups in total. The number of ether oxygens (including phenoxy) is 1. The Labute approximate surface area is 107 Å². The highest BCUT2D eigenvalue weighted by Crippen LogP contribution is 2.30. The summed E-state index contributed by atoms with van der Waals surface area (Å²) in [7, 11) is 0. The molecule has 0 aliphatic carbocycles. The third-order valence-corrected chi connectivity index (χ3v) is 3.22. The summed E-state index contributed by atoms with van der Waals surface area (Å²) in [5.41, 5.74) is 4.40. The molecule has 1 saturated heterocycles. The molecular formula is C11H16FN3O4. The van der Waals surface area contributed by atoms with Gasteiger partial charge in [0.05, 0.1) is 0 Å². The van der Waals surface area contributed by atoms with Crippen molar-refractivity contribution in [3.63, 3.8) is 0 Å². The summed E-state index contributed by atoms with van der Waals surface area (Å²) in [6.45, 7) is 1.68. The van der Waals surface area contributed by atoms with Crippen molar-refractivity contribution in [3.8, 4) is 0 Å². The SMILES string of the molecule is CCc1cn(C2O[C@H](CN)[C@@H](O)[C@@H]2F)c(=O)[nH]c1=O. The average Bonchev–Trinajstić information content (AvgIpc) is 2.67. The average molecular weight is 273 g/mol. The lowest BCUT2D eigenvalue weighted by atomic mass is 10.1. The van der Waals surface area contributed by atoms with E-state index in [9.17, 15) is 19.1 Å². The van der Waals surface area contributed by atoms with Crippen molar-refractivity contribution in [3.05, 3.63) is 32.6 Å². The van der Waals surface area contributed by atoms with Crippen LogP contribution in [0.5, 0.6) is 0 Å². The minimum Gasteiger partial charge on any atom is -0.387 e. The summed E-state index contributed by atoms with van der Waals surface area (Å²) in [5.74, 6) is 0. The maximum absolute atomic E-state index is 13.9. The second-order valence-corrected chi connectivity index (χ2v) is 4.41. The molecule has 4 atom stereocenters. The standard InChI is InChI=1S/C11H16FN3O4/c1-2-5-4-15(11(18)14-9(5)17)10-7(12)8(16)6(3-13)19-10/h4,6-8,10,16H,2-3,13H2,1H3,(H,14,17,18)/t6-,7+,8-,10?/m1/s1. The highest BCUT2D eigenvalue weighted by Gasteiger charge is 2.44. The van der Waals surface area contributed by atoms with E-state index in [2.05, 4.69) is 4.98 Å². The summed E-state index contributed by atoms with van der Waals surface area (Å²) in [4.78, 5) is 25.2. The molecule has 7 nitrogen and oxygen atoms in total. The Hall–Kier alpha value is -1.51. The Bertz CT molecular complexity index is 570. The Morgan fingerprint density at radius 2 is 2.26 bits per heavy atom. The van der Waals surface area contributed by atoms with Crippen LogP contribution in [0.1, 0.15) is 18.7 Å². The van der Waals surface area contributed by atoms with E-state index in [0.29, 0.717) is 12.0 Å². The van der Waals surface area contributed by atoms with E-state index in [4.69, 9.17) is 10.5 Å². The number of nitrogens with zero attached hydrogens (tertiary/aromatic N) is 1. The van der Waals surface area contributed by atoms with Crippen molar-refractivity contribution in [2.24, 2.45) is 5.73 Å². The summed E-state index contributed by atoms with van der Waals surface area (Å²) >= 11 is 0. The first kappa shape index (κ1) is 13.9. The van der Waals surface area contributed by atoms with Crippen molar-refractivity contribution in [1.82, 2.24) is 9.55 Å². The van der Waals surface area contributed by atoms with Crippen molar-refractivity contribution in [1.29, 1.82) is 0 Å². The maximum Gasteiger partial charge on any atom is 0.330 e. The van der Waals surface area contributed by atoms with E-state index in [1.54, 1.807) is 6.92 Å². The predicted molar refractivity (Wildman–Crippen MR) is 64.6 cm³/mol. The zero-order chi connectivity index (χ0) is 14.2. The fourth-order valence-corrected chi connectivity index (χ4v) is 2.09. The number of nitrogens with one attached hydrogen (secondary N) is 1. The van der Waals surface area contributed by atoms with Gasteiger partial charge in [-0.1, -0.05) is 6.92 Å². The molecule has 2 heterocycles. The van der Waals surface area contributed by atoms with Gasteiger partial charge >= 0.3 is 5.69 Å². The second-order valence-electron chi connectivity index (χ2n) is 4.41. The molecular weight excluding hydrogens is 257 g/mol. The van der Waals surface area contributed by atoms with Crippen LogP contribution >= 0.6 is 0 Å². The summed E-state index contributed by atoms with van der Waals surface area (Å²) in [5, 5.41) is 9.59. The normalized spacial score (nSPS) is 30.7. The van der Waals surface area contributed by atoms with Crippen molar-refractivity contribution in [2.45, 2.75) is 38.0 Å². The van der Waals surface area contributed by atoms with Crippen LogP contribution in [-0.2, 0) is 11.2 Å². The van der Waals surface area contributed by atoms with Gasteiger partial charge in [0.1, 0.15) is 12.2 Å². The molecule has 1 unspecified atom stereocenters. The fourth-order valence-electron chi connectivity index (χ4n) is 2.09. The molecule has 1 aromatic rings. The third-order valence-electron chi connectivity index (χ3n) is 3.22. The number of aromatic amines is 1. The Kier molecular flexibility index (Phi) is 3.83. The van der Waals surface area contributed by atoms with E-state index < -0.39 is 35.9 Å². The van der Waals surface area contributed by atoms with Gasteiger partial charge in [0, 0.05) is 18.3 Å². The van der Waals surface area contributed by atoms with Crippen LogP contribution < -0.4 is 17.0 Å². The molecule has 0 saturated carbocycles. The Morgan fingerprint density at radius 3 is 2.79 bits per heavy atom. The minimum absolute atomic E-state index is 0.0587. The zero-order valence-electron chi connectivity index (χ0n) is 10.4.